The molecule has 1 aliphatic heterocycles. The van der Waals surface area contributed by atoms with Crippen LogP contribution in [0, 0.1) is 12.7 Å². The first kappa shape index (κ1) is 17.5. The first-order valence-corrected chi connectivity index (χ1v) is 8.32. The van der Waals surface area contributed by atoms with Crippen LogP contribution in [-0.4, -0.2) is 21.4 Å². The number of aliphatic hydroxyl groups is 2. The number of ether oxygens (including phenoxy) is 1. The third-order valence-electron chi connectivity index (χ3n) is 4.69. The summed E-state index contributed by atoms with van der Waals surface area (Å²) in [7, 11) is 0. The van der Waals surface area contributed by atoms with E-state index in [2.05, 4.69) is 0 Å². The predicted octanol–water partition coefficient (Wildman–Crippen LogP) is 3.64. The molecular weight excluding hydrogens is 354 g/mol. The van der Waals surface area contributed by atoms with E-state index in [9.17, 15) is 24.1 Å². The molecule has 0 aromatic heterocycles. The second kappa shape index (κ2) is 6.33. The average Bonchev–Trinajstić information content (AvgIpc) is 2.63. The summed E-state index contributed by atoms with van der Waals surface area (Å²) in [5.74, 6) is -1.71. The molecule has 2 aromatic carbocycles. The molecule has 1 heterocycles. The van der Waals surface area contributed by atoms with Gasteiger partial charge < -0.3 is 20.1 Å². The molecule has 0 fully saturated rings. The molecule has 0 saturated carbocycles. The van der Waals surface area contributed by atoms with Gasteiger partial charge in [-0.1, -0.05) is 18.2 Å². The maximum absolute atomic E-state index is 14.1. The van der Waals surface area contributed by atoms with E-state index in [-0.39, 0.29) is 18.1 Å². The molecule has 1 atom stereocenters. The maximum atomic E-state index is 14.1. The van der Waals surface area contributed by atoms with Crippen molar-refractivity contribution in [2.45, 2.75) is 19.6 Å². The van der Waals surface area contributed by atoms with Gasteiger partial charge in [-0.15, -0.1) is 0 Å². The molecule has 0 amide bonds. The quantitative estimate of drug-likeness (QED) is 0.755. The standard InChI is InChI=1S/C21H16F2O4/c1-10-4-11(9-24)2-3-12(10)21-13-5-15(22)17(25)7-19(13)27-20-8-18(26)16(23)6-14(20)21/h2-8,17,24-26H,9H2,1H3. The van der Waals surface area contributed by atoms with Crippen LogP contribution in [0.1, 0.15) is 22.3 Å². The zero-order valence-corrected chi connectivity index (χ0v) is 14.3. The number of aliphatic hydroxyl groups excluding tert-OH is 2. The van der Waals surface area contributed by atoms with E-state index in [0.717, 1.165) is 17.7 Å². The Morgan fingerprint density at radius 1 is 1.11 bits per heavy atom. The Hall–Kier alpha value is -2.96. The number of aromatic hydroxyl groups is 1. The van der Waals surface area contributed by atoms with Gasteiger partial charge in [-0.2, -0.15) is 0 Å². The van der Waals surface area contributed by atoms with Gasteiger partial charge in [-0.05, 0) is 41.8 Å². The molecule has 6 heteroatoms. The number of hydrogen-bond donors (Lipinski definition) is 3. The Kier molecular flexibility index (Phi) is 4.09. The van der Waals surface area contributed by atoms with Gasteiger partial charge in [-0.3, -0.25) is 0 Å². The fourth-order valence-corrected chi connectivity index (χ4v) is 3.37. The third kappa shape index (κ3) is 2.83. The lowest BCUT2D eigenvalue weighted by Crippen LogP contribution is -2.18. The van der Waals surface area contributed by atoms with Gasteiger partial charge >= 0.3 is 0 Å². The SMILES string of the molecule is Cc1cc(CO)ccc1C1=C2C=C(F)C(O)C=C2Oc2cc(O)c(F)cc21. The number of halogens is 2. The highest BCUT2D eigenvalue weighted by Crippen LogP contribution is 2.46. The van der Waals surface area contributed by atoms with Gasteiger partial charge in [0.05, 0.1) is 6.61 Å². The number of hydrogen-bond acceptors (Lipinski definition) is 4. The summed E-state index contributed by atoms with van der Waals surface area (Å²) in [6, 6.07) is 7.57. The summed E-state index contributed by atoms with van der Waals surface area (Å²) < 4.78 is 33.9. The highest BCUT2D eigenvalue weighted by molar-refractivity contribution is 5.92. The first-order valence-electron chi connectivity index (χ1n) is 8.32. The van der Waals surface area contributed by atoms with Crippen molar-refractivity contribution < 1.29 is 28.8 Å². The predicted molar refractivity (Wildman–Crippen MR) is 95.1 cm³/mol. The fraction of sp³-hybridized carbons (Fsp3) is 0.143. The van der Waals surface area contributed by atoms with Crippen LogP contribution in [0.5, 0.6) is 11.5 Å². The van der Waals surface area contributed by atoms with E-state index in [1.807, 2.05) is 6.92 Å². The van der Waals surface area contributed by atoms with Crippen molar-refractivity contribution in [2.75, 3.05) is 0 Å². The largest absolute Gasteiger partial charge is 0.505 e. The highest BCUT2D eigenvalue weighted by atomic mass is 19.1. The van der Waals surface area contributed by atoms with Crippen LogP contribution in [0.3, 0.4) is 0 Å². The average molecular weight is 370 g/mol. The van der Waals surface area contributed by atoms with Gasteiger partial charge in [0.25, 0.3) is 0 Å². The normalized spacial score (nSPS) is 18.3. The van der Waals surface area contributed by atoms with Gasteiger partial charge in [0.1, 0.15) is 23.4 Å². The van der Waals surface area contributed by atoms with Crippen molar-refractivity contribution >= 4 is 5.57 Å². The van der Waals surface area contributed by atoms with Gasteiger partial charge in [0, 0.05) is 22.8 Å². The zero-order chi connectivity index (χ0) is 19.3. The maximum Gasteiger partial charge on any atom is 0.165 e. The van der Waals surface area contributed by atoms with E-state index in [1.165, 1.54) is 12.2 Å². The summed E-state index contributed by atoms with van der Waals surface area (Å²) in [6.07, 6.45) is 0.965. The van der Waals surface area contributed by atoms with Crippen LogP contribution in [0.4, 0.5) is 8.78 Å². The second-order valence-corrected chi connectivity index (χ2v) is 6.50. The van der Waals surface area contributed by atoms with Crippen LogP contribution < -0.4 is 4.74 Å². The zero-order valence-electron chi connectivity index (χ0n) is 14.3. The highest BCUT2D eigenvalue weighted by Gasteiger charge is 2.31. The molecule has 0 saturated heterocycles. The fourth-order valence-electron chi connectivity index (χ4n) is 3.37. The Labute approximate surface area is 154 Å². The van der Waals surface area contributed by atoms with Crippen molar-refractivity contribution in [1.29, 1.82) is 0 Å². The number of allylic oxidation sites excluding steroid dienone is 1. The Morgan fingerprint density at radius 3 is 2.59 bits per heavy atom. The molecule has 0 bridgehead atoms. The van der Waals surface area contributed by atoms with Crippen molar-refractivity contribution in [2.24, 2.45) is 0 Å². The van der Waals surface area contributed by atoms with Gasteiger partial charge in [0.15, 0.2) is 11.6 Å². The van der Waals surface area contributed by atoms with Crippen LogP contribution in [-0.2, 0) is 6.61 Å². The molecule has 2 aliphatic rings. The molecule has 4 rings (SSSR count). The van der Waals surface area contributed by atoms with E-state index in [1.54, 1.807) is 18.2 Å². The van der Waals surface area contributed by atoms with Gasteiger partial charge in [0.2, 0.25) is 0 Å². The van der Waals surface area contributed by atoms with Crippen molar-refractivity contribution in [3.05, 3.63) is 87.7 Å². The van der Waals surface area contributed by atoms with Crippen LogP contribution in [0.15, 0.2) is 59.6 Å². The molecule has 4 nitrogen and oxygen atoms in total. The van der Waals surface area contributed by atoms with E-state index in [0.29, 0.717) is 27.8 Å². The lowest BCUT2D eigenvalue weighted by Gasteiger charge is -2.28. The number of fused-ring (bicyclic) bond motifs is 2. The number of benzene rings is 2. The molecule has 3 N–H and O–H groups in total. The minimum atomic E-state index is -1.43. The third-order valence-corrected chi connectivity index (χ3v) is 4.69. The number of phenols is 1. The molecular formula is C21H16F2O4. The molecule has 138 valence electrons. The number of aryl methyl sites for hydroxylation is 1. The second-order valence-electron chi connectivity index (χ2n) is 6.50. The lowest BCUT2D eigenvalue weighted by molar-refractivity contribution is 0.220. The Bertz CT molecular complexity index is 1050. The Balaban J connectivity index is 2.04. The molecule has 0 radical (unpaired) electrons. The minimum Gasteiger partial charge on any atom is -0.505 e. The van der Waals surface area contributed by atoms with Crippen molar-refractivity contribution in [1.82, 2.24) is 0 Å². The summed E-state index contributed by atoms with van der Waals surface area (Å²) in [5, 5.41) is 28.8. The van der Waals surface area contributed by atoms with Crippen LogP contribution in [0.25, 0.3) is 5.57 Å². The summed E-state index contributed by atoms with van der Waals surface area (Å²) in [4.78, 5) is 0. The van der Waals surface area contributed by atoms with E-state index in [4.69, 9.17) is 4.74 Å². The number of phenolic OH excluding ortho intramolecular Hbond substituents is 1. The van der Waals surface area contributed by atoms with Crippen LogP contribution in [0.2, 0.25) is 0 Å². The van der Waals surface area contributed by atoms with E-state index >= 15 is 0 Å². The molecule has 2 aromatic rings. The van der Waals surface area contributed by atoms with Crippen molar-refractivity contribution in [3.63, 3.8) is 0 Å². The monoisotopic (exact) mass is 370 g/mol. The Morgan fingerprint density at radius 2 is 1.89 bits per heavy atom. The summed E-state index contributed by atoms with van der Waals surface area (Å²) in [5.41, 5.74) is 3.45. The van der Waals surface area contributed by atoms with E-state index < -0.39 is 23.5 Å². The van der Waals surface area contributed by atoms with Crippen LogP contribution >= 0.6 is 0 Å². The minimum absolute atomic E-state index is 0.124. The first-order chi connectivity index (χ1) is 12.9. The lowest BCUT2D eigenvalue weighted by atomic mass is 9.85. The molecule has 1 aliphatic carbocycles. The molecule has 0 spiro atoms. The summed E-state index contributed by atoms with van der Waals surface area (Å²) >= 11 is 0. The molecule has 1 unspecified atom stereocenters. The number of rotatable bonds is 2. The summed E-state index contributed by atoms with van der Waals surface area (Å²) in [6.45, 7) is 1.70. The van der Waals surface area contributed by atoms with Crippen molar-refractivity contribution in [3.8, 4) is 11.5 Å². The van der Waals surface area contributed by atoms with Gasteiger partial charge in [-0.25, -0.2) is 8.78 Å². The molecule has 27 heavy (non-hydrogen) atoms. The smallest absolute Gasteiger partial charge is 0.165 e. The topological polar surface area (TPSA) is 69.9 Å².